The molecule has 0 bridgehead atoms. The van der Waals surface area contributed by atoms with Gasteiger partial charge in [0.25, 0.3) is 0 Å². The van der Waals surface area contributed by atoms with E-state index in [2.05, 4.69) is 25.5 Å². The van der Waals surface area contributed by atoms with E-state index < -0.39 is 0 Å². The first-order chi connectivity index (χ1) is 12.5. The summed E-state index contributed by atoms with van der Waals surface area (Å²) in [6.07, 6.45) is 3.75. The summed E-state index contributed by atoms with van der Waals surface area (Å²) in [6, 6.07) is -0.0355. The second-order valence-corrected chi connectivity index (χ2v) is 7.49. The number of aryl methyl sites for hydroxylation is 1. The van der Waals surface area contributed by atoms with Crippen molar-refractivity contribution in [2.45, 2.75) is 46.1 Å². The highest BCUT2D eigenvalue weighted by molar-refractivity contribution is 14.0. The summed E-state index contributed by atoms with van der Waals surface area (Å²) < 4.78 is 5.08. The van der Waals surface area contributed by atoms with Crippen molar-refractivity contribution in [2.24, 2.45) is 4.99 Å². The van der Waals surface area contributed by atoms with Gasteiger partial charge in [-0.3, -0.25) is 4.99 Å². The highest BCUT2D eigenvalue weighted by atomic mass is 127. The highest BCUT2D eigenvalue weighted by Crippen LogP contribution is 2.24. The molecule has 27 heavy (non-hydrogen) atoms. The summed E-state index contributed by atoms with van der Waals surface area (Å²) in [5.41, 5.74) is 0.714. The van der Waals surface area contributed by atoms with E-state index in [1.165, 1.54) is 37.3 Å². The fraction of sp³-hybridized carbons (Fsp3) is 0.722. The topological polar surface area (TPSA) is 78.8 Å². The molecule has 1 saturated heterocycles. The molecular weight excluding hydrogens is 477 g/mol. The number of guanidine groups is 1. The van der Waals surface area contributed by atoms with Crippen molar-refractivity contribution in [2.75, 3.05) is 39.8 Å². The number of halogens is 1. The largest absolute Gasteiger partial charge is 0.462 e. The third kappa shape index (κ3) is 7.53. The average molecular weight is 509 g/mol. The molecule has 1 aliphatic heterocycles. The Balaban J connectivity index is 0.00000364. The molecule has 0 amide bonds. The zero-order chi connectivity index (χ0) is 18.9. The van der Waals surface area contributed by atoms with Gasteiger partial charge in [0.15, 0.2) is 5.96 Å². The third-order valence-electron chi connectivity index (χ3n) is 4.36. The second-order valence-electron chi connectivity index (χ2n) is 6.45. The van der Waals surface area contributed by atoms with E-state index in [0.29, 0.717) is 17.2 Å². The Hall–Kier alpha value is -0.940. The lowest BCUT2D eigenvalue weighted by Gasteiger charge is -2.18. The molecule has 1 aromatic heterocycles. The monoisotopic (exact) mass is 509 g/mol. The molecule has 0 spiro atoms. The molecule has 1 aromatic rings. The van der Waals surface area contributed by atoms with Crippen molar-refractivity contribution in [1.29, 1.82) is 0 Å². The number of nitrogens with zero attached hydrogens (tertiary/aromatic N) is 3. The van der Waals surface area contributed by atoms with E-state index in [4.69, 9.17) is 4.74 Å². The fourth-order valence-electron chi connectivity index (χ4n) is 2.97. The van der Waals surface area contributed by atoms with E-state index in [1.807, 2.05) is 13.8 Å². The maximum absolute atomic E-state index is 12.0. The molecule has 0 radical (unpaired) electrons. The Morgan fingerprint density at radius 2 is 2.11 bits per heavy atom. The van der Waals surface area contributed by atoms with Gasteiger partial charge in [0.2, 0.25) is 0 Å². The normalized spacial score (nSPS) is 15.9. The lowest BCUT2D eigenvalue weighted by Crippen LogP contribution is -2.39. The number of hydrogen-bond donors (Lipinski definition) is 2. The van der Waals surface area contributed by atoms with Gasteiger partial charge in [-0.15, -0.1) is 35.3 Å². The number of rotatable bonds is 8. The average Bonchev–Trinajstić information content (AvgIpc) is 3.27. The molecule has 0 saturated carbocycles. The van der Waals surface area contributed by atoms with Crippen LogP contribution < -0.4 is 10.6 Å². The number of carbonyl (C=O) groups excluding carboxylic acids is 1. The molecule has 7 nitrogen and oxygen atoms in total. The van der Waals surface area contributed by atoms with Crippen LogP contribution in [0.25, 0.3) is 0 Å². The lowest BCUT2D eigenvalue weighted by molar-refractivity contribution is 0.0531. The van der Waals surface area contributed by atoms with E-state index in [1.54, 1.807) is 14.0 Å². The van der Waals surface area contributed by atoms with Gasteiger partial charge in [-0.2, -0.15) is 0 Å². The van der Waals surface area contributed by atoms with Gasteiger partial charge in [0, 0.05) is 13.6 Å². The Labute approximate surface area is 183 Å². The van der Waals surface area contributed by atoms with Gasteiger partial charge in [-0.1, -0.05) is 0 Å². The van der Waals surface area contributed by atoms with Gasteiger partial charge in [-0.25, -0.2) is 9.78 Å². The molecule has 9 heteroatoms. The van der Waals surface area contributed by atoms with Crippen molar-refractivity contribution >= 4 is 47.2 Å². The number of esters is 1. The van der Waals surface area contributed by atoms with Crippen molar-refractivity contribution in [3.8, 4) is 0 Å². The van der Waals surface area contributed by atoms with Crippen LogP contribution in [0.3, 0.4) is 0 Å². The summed E-state index contributed by atoms with van der Waals surface area (Å²) >= 11 is 1.38. The first-order valence-corrected chi connectivity index (χ1v) is 10.2. The molecular formula is C18H32IN5O2S. The van der Waals surface area contributed by atoms with Crippen LogP contribution in [-0.2, 0) is 4.74 Å². The van der Waals surface area contributed by atoms with Crippen molar-refractivity contribution < 1.29 is 9.53 Å². The zero-order valence-electron chi connectivity index (χ0n) is 16.7. The molecule has 1 atom stereocenters. The number of nitrogens with one attached hydrogen (secondary N) is 2. The predicted octanol–water partition coefficient (Wildman–Crippen LogP) is 2.96. The van der Waals surface area contributed by atoms with Crippen LogP contribution in [0.1, 0.15) is 59.5 Å². The molecule has 1 unspecified atom stereocenters. The van der Waals surface area contributed by atoms with Crippen LogP contribution in [0.2, 0.25) is 0 Å². The van der Waals surface area contributed by atoms with E-state index >= 15 is 0 Å². The Morgan fingerprint density at radius 1 is 1.41 bits per heavy atom. The van der Waals surface area contributed by atoms with Crippen LogP contribution in [0.15, 0.2) is 4.99 Å². The lowest BCUT2D eigenvalue weighted by atomic mass is 10.3. The Bertz CT molecular complexity index is 617. The summed E-state index contributed by atoms with van der Waals surface area (Å²) in [7, 11) is 1.76. The van der Waals surface area contributed by atoms with Gasteiger partial charge in [0.05, 0.1) is 18.3 Å². The van der Waals surface area contributed by atoms with Crippen molar-refractivity contribution in [3.63, 3.8) is 0 Å². The minimum atomic E-state index is -0.301. The summed E-state index contributed by atoms with van der Waals surface area (Å²) in [6.45, 7) is 10.5. The number of hydrogen-bond acceptors (Lipinski definition) is 6. The third-order valence-corrected chi connectivity index (χ3v) is 5.68. The van der Waals surface area contributed by atoms with Gasteiger partial charge in [-0.05, 0) is 59.7 Å². The quantitative estimate of drug-likeness (QED) is 0.185. The minimum absolute atomic E-state index is 0. The molecule has 154 valence electrons. The standard InChI is InChI=1S/C18H31N5O2S.HI/c1-5-25-17(24)15-13(2)21-16(26-15)14(3)22-18(19-4)20-9-8-12-23-10-6-7-11-23;/h14H,5-12H2,1-4H3,(H2,19,20,22);1H. The molecule has 1 fully saturated rings. The number of carbonyl (C=O) groups is 1. The molecule has 2 N–H and O–H groups in total. The first-order valence-electron chi connectivity index (χ1n) is 9.39. The van der Waals surface area contributed by atoms with Crippen LogP contribution in [-0.4, -0.2) is 61.6 Å². The van der Waals surface area contributed by atoms with Gasteiger partial charge in [0.1, 0.15) is 9.88 Å². The molecule has 0 aliphatic carbocycles. The second kappa shape index (κ2) is 12.5. The highest BCUT2D eigenvalue weighted by Gasteiger charge is 2.20. The van der Waals surface area contributed by atoms with E-state index in [9.17, 15) is 4.79 Å². The van der Waals surface area contributed by atoms with E-state index in [0.717, 1.165) is 30.5 Å². The first kappa shape index (κ1) is 24.1. The van der Waals surface area contributed by atoms with Crippen molar-refractivity contribution in [1.82, 2.24) is 20.5 Å². The molecule has 2 rings (SSSR count). The Morgan fingerprint density at radius 3 is 2.74 bits per heavy atom. The van der Waals surface area contributed by atoms with Gasteiger partial charge >= 0.3 is 5.97 Å². The smallest absolute Gasteiger partial charge is 0.350 e. The number of aromatic nitrogens is 1. The maximum Gasteiger partial charge on any atom is 0.350 e. The molecule has 0 aromatic carbocycles. The van der Waals surface area contributed by atoms with Crippen LogP contribution >= 0.6 is 35.3 Å². The van der Waals surface area contributed by atoms with E-state index in [-0.39, 0.29) is 36.0 Å². The molecule has 2 heterocycles. The van der Waals surface area contributed by atoms with Crippen LogP contribution in [0, 0.1) is 6.92 Å². The van der Waals surface area contributed by atoms with Gasteiger partial charge < -0.3 is 20.3 Å². The summed E-state index contributed by atoms with van der Waals surface area (Å²) in [5.74, 6) is 0.454. The molecule has 1 aliphatic rings. The van der Waals surface area contributed by atoms with Crippen molar-refractivity contribution in [3.05, 3.63) is 15.6 Å². The number of ether oxygens (including phenoxy) is 1. The number of likely N-dealkylation sites (tertiary alicyclic amines) is 1. The predicted molar refractivity (Wildman–Crippen MR) is 121 cm³/mol. The minimum Gasteiger partial charge on any atom is -0.462 e. The SMILES string of the molecule is CCOC(=O)c1sc(C(C)NC(=NC)NCCCN2CCCC2)nc1C.I. The van der Waals surface area contributed by atoms with Crippen LogP contribution in [0.5, 0.6) is 0 Å². The maximum atomic E-state index is 12.0. The Kier molecular flexibility index (Phi) is 11.2. The summed E-state index contributed by atoms with van der Waals surface area (Å²) in [4.78, 5) is 23.8. The zero-order valence-corrected chi connectivity index (χ0v) is 19.9. The fourth-order valence-corrected chi connectivity index (χ4v) is 3.93. The number of thiazole rings is 1. The van der Waals surface area contributed by atoms with Crippen LogP contribution in [0.4, 0.5) is 0 Å². The number of aliphatic imine (C=N–C) groups is 1. The summed E-state index contributed by atoms with van der Waals surface area (Å²) in [5, 5.41) is 7.55.